The Hall–Kier alpha value is -2.16. The molecule has 0 saturated carbocycles. The lowest BCUT2D eigenvalue weighted by Crippen LogP contribution is -2.55. The molecule has 0 aliphatic heterocycles. The highest BCUT2D eigenvalue weighted by Crippen LogP contribution is 1.70. The molecule has 0 aromatic heterocycles. The van der Waals surface area contributed by atoms with Crippen LogP contribution in [0.4, 0.5) is 0 Å². The average Bonchev–Trinajstić information content (AvgIpc) is 2.03. The van der Waals surface area contributed by atoms with Crippen LogP contribution in [0, 0.1) is 0 Å². The molecule has 0 unspecified atom stereocenters. The third-order valence-electron chi connectivity index (χ3n) is 0.986. The van der Waals surface area contributed by atoms with Gasteiger partial charge in [0.25, 0.3) is 0 Å². The fourth-order valence-corrected chi connectivity index (χ4v) is 0.443. The van der Waals surface area contributed by atoms with Crippen LogP contribution in [-0.4, -0.2) is 35.8 Å². The van der Waals surface area contributed by atoms with E-state index < -0.39 is 23.6 Å². The maximum Gasteiger partial charge on any atom is 0.324 e. The molecule has 4 amide bonds. The molecule has 0 bridgehead atoms. The van der Waals surface area contributed by atoms with Crippen molar-refractivity contribution in [1.82, 2.24) is 16.0 Å². The first-order valence-electron chi connectivity index (χ1n) is 3.29. The highest BCUT2D eigenvalue weighted by molar-refractivity contribution is 6.35. The molecule has 0 aromatic rings. The number of nitrogens with one attached hydrogen (secondary N) is 2. The molecule has 9 nitrogen and oxygen atoms in total. The van der Waals surface area contributed by atoms with Crippen LogP contribution in [0.3, 0.4) is 0 Å². The van der Waals surface area contributed by atoms with Gasteiger partial charge in [0, 0.05) is 7.05 Å². The van der Waals surface area contributed by atoms with E-state index in [1.807, 2.05) is 10.9 Å². The summed E-state index contributed by atoms with van der Waals surface area (Å²) in [6, 6.07) is 0. The Bertz CT molecular complexity index is 260. The number of hydrogen-bond acceptors (Lipinski definition) is 5. The summed E-state index contributed by atoms with van der Waals surface area (Å²) in [5.41, 5.74) is 12.9. The number of carbonyl (C=O) groups is 4. The van der Waals surface area contributed by atoms with E-state index in [1.165, 1.54) is 7.05 Å². The van der Waals surface area contributed by atoms with Crippen molar-refractivity contribution < 1.29 is 19.2 Å². The lowest BCUT2D eigenvalue weighted by atomic mass is 10.6. The van der Waals surface area contributed by atoms with E-state index in [9.17, 15) is 19.2 Å². The summed E-state index contributed by atoms with van der Waals surface area (Å²) in [7, 11) is 1.17. The second-order valence-corrected chi connectivity index (χ2v) is 2.17. The minimum absolute atomic E-state index is 0.681. The van der Waals surface area contributed by atoms with E-state index in [4.69, 9.17) is 0 Å². The topological polar surface area (TPSA) is 148 Å². The minimum Gasteiger partial charge on any atom is -0.361 e. The van der Waals surface area contributed by atoms with E-state index in [1.54, 1.807) is 0 Å². The Morgan fingerprint density at radius 2 is 1.21 bits per heavy atom. The number of hydrazine groups is 2. The van der Waals surface area contributed by atoms with Crippen LogP contribution >= 0.6 is 0 Å². The number of primary amides is 2. The molecule has 0 spiro atoms. The number of amides is 4. The van der Waals surface area contributed by atoms with Crippen molar-refractivity contribution in [2.45, 2.75) is 0 Å². The Kier molecular flexibility index (Phi) is 4.03. The van der Waals surface area contributed by atoms with Gasteiger partial charge in [-0.25, -0.2) is 0 Å². The van der Waals surface area contributed by atoms with E-state index >= 15 is 0 Å². The number of nitrogens with two attached hydrogens (primary N) is 2. The van der Waals surface area contributed by atoms with E-state index in [2.05, 4.69) is 11.5 Å². The van der Waals surface area contributed by atoms with E-state index in [0.717, 1.165) is 0 Å². The van der Waals surface area contributed by atoms with Gasteiger partial charge < -0.3 is 11.5 Å². The zero-order chi connectivity index (χ0) is 11.3. The third-order valence-corrected chi connectivity index (χ3v) is 0.986. The monoisotopic (exact) mass is 203 g/mol. The molecule has 14 heavy (non-hydrogen) atoms. The molecule has 0 rings (SSSR count). The van der Waals surface area contributed by atoms with Gasteiger partial charge in [0.15, 0.2) is 0 Å². The van der Waals surface area contributed by atoms with Crippen molar-refractivity contribution in [3.63, 3.8) is 0 Å². The van der Waals surface area contributed by atoms with Crippen molar-refractivity contribution >= 4 is 23.6 Å². The number of hydrogen-bond donors (Lipinski definition) is 4. The first kappa shape index (κ1) is 11.8. The quantitative estimate of drug-likeness (QED) is 0.266. The minimum atomic E-state index is -1.23. The number of carbonyl (C=O) groups excluding carboxylic acids is 4. The molecule has 0 fully saturated rings. The van der Waals surface area contributed by atoms with Crippen molar-refractivity contribution in [1.29, 1.82) is 0 Å². The summed E-state index contributed by atoms with van der Waals surface area (Å²) in [4.78, 5) is 41.7. The first-order valence-corrected chi connectivity index (χ1v) is 3.29. The standard InChI is InChI=1S/C5H9N5O4/c1-10(8-4(13)2(6)11)9-5(14)3(7)12/h1H3,(H2,6,11)(H2,7,12)(H,8,13)(H,9,14). The van der Waals surface area contributed by atoms with E-state index in [0.29, 0.717) is 5.12 Å². The van der Waals surface area contributed by atoms with Gasteiger partial charge in [-0.05, 0) is 0 Å². The molecule has 0 aromatic carbocycles. The summed E-state index contributed by atoms with van der Waals surface area (Å²) < 4.78 is 0. The highest BCUT2D eigenvalue weighted by atomic mass is 16.2. The van der Waals surface area contributed by atoms with Crippen molar-refractivity contribution in [2.75, 3.05) is 7.05 Å². The Morgan fingerprint density at radius 3 is 1.43 bits per heavy atom. The fourth-order valence-electron chi connectivity index (χ4n) is 0.443. The largest absolute Gasteiger partial charge is 0.361 e. The molecule has 0 aliphatic rings. The van der Waals surface area contributed by atoms with Crippen molar-refractivity contribution in [3.8, 4) is 0 Å². The number of rotatable bonds is 2. The maximum atomic E-state index is 10.6. The van der Waals surface area contributed by atoms with Gasteiger partial charge in [-0.15, -0.1) is 5.12 Å². The fraction of sp³-hybridized carbons (Fsp3) is 0.200. The molecule has 0 atom stereocenters. The molecular weight excluding hydrogens is 194 g/mol. The van der Waals surface area contributed by atoms with Crippen LogP contribution < -0.4 is 22.3 Å². The normalized spacial score (nSPS) is 9.29. The predicted octanol–water partition coefficient (Wildman–Crippen LogP) is -4.05. The summed E-state index contributed by atoms with van der Waals surface area (Å²) in [5, 5.41) is 0.681. The Labute approximate surface area is 78.3 Å². The van der Waals surface area contributed by atoms with Gasteiger partial charge in [0.2, 0.25) is 0 Å². The van der Waals surface area contributed by atoms with Crippen LogP contribution in [0.15, 0.2) is 0 Å². The van der Waals surface area contributed by atoms with E-state index in [-0.39, 0.29) is 0 Å². The molecule has 78 valence electrons. The summed E-state index contributed by atoms with van der Waals surface area (Å²) >= 11 is 0. The molecular formula is C5H9N5O4. The third kappa shape index (κ3) is 4.01. The molecule has 0 heterocycles. The second-order valence-electron chi connectivity index (χ2n) is 2.17. The van der Waals surface area contributed by atoms with Crippen LogP contribution in [0.1, 0.15) is 0 Å². The molecule has 0 aliphatic carbocycles. The average molecular weight is 203 g/mol. The second kappa shape index (κ2) is 4.77. The van der Waals surface area contributed by atoms with Crippen LogP contribution in [-0.2, 0) is 19.2 Å². The van der Waals surface area contributed by atoms with Gasteiger partial charge in [-0.2, -0.15) is 0 Å². The highest BCUT2D eigenvalue weighted by Gasteiger charge is 2.14. The Morgan fingerprint density at radius 1 is 0.929 bits per heavy atom. The van der Waals surface area contributed by atoms with Gasteiger partial charge >= 0.3 is 23.6 Å². The van der Waals surface area contributed by atoms with Gasteiger partial charge in [-0.1, -0.05) is 0 Å². The number of nitrogens with zero attached hydrogens (tertiary/aromatic N) is 1. The predicted molar refractivity (Wildman–Crippen MR) is 42.4 cm³/mol. The maximum absolute atomic E-state index is 10.6. The summed E-state index contributed by atoms with van der Waals surface area (Å²) in [6.07, 6.45) is 0. The van der Waals surface area contributed by atoms with Crippen LogP contribution in [0.25, 0.3) is 0 Å². The zero-order valence-corrected chi connectivity index (χ0v) is 7.23. The van der Waals surface area contributed by atoms with Crippen LogP contribution in [0.2, 0.25) is 0 Å². The van der Waals surface area contributed by atoms with Gasteiger partial charge in [-0.3, -0.25) is 30.0 Å². The van der Waals surface area contributed by atoms with Gasteiger partial charge in [0.05, 0.1) is 0 Å². The molecule has 0 saturated heterocycles. The summed E-state index contributed by atoms with van der Waals surface area (Å²) in [6.45, 7) is 0. The summed E-state index contributed by atoms with van der Waals surface area (Å²) in [5.74, 6) is -4.75. The smallest absolute Gasteiger partial charge is 0.324 e. The lowest BCUT2D eigenvalue weighted by Gasteiger charge is -2.16. The molecule has 6 N–H and O–H groups in total. The van der Waals surface area contributed by atoms with Gasteiger partial charge in [0.1, 0.15) is 0 Å². The zero-order valence-electron chi connectivity index (χ0n) is 7.23. The Balaban J connectivity index is 4.05. The first-order chi connectivity index (χ1) is 6.34. The van der Waals surface area contributed by atoms with Crippen molar-refractivity contribution in [2.24, 2.45) is 11.5 Å². The lowest BCUT2D eigenvalue weighted by molar-refractivity contribution is -0.145. The van der Waals surface area contributed by atoms with Crippen LogP contribution in [0.5, 0.6) is 0 Å². The molecule has 0 radical (unpaired) electrons. The van der Waals surface area contributed by atoms with Crippen molar-refractivity contribution in [3.05, 3.63) is 0 Å². The SMILES string of the molecule is CN(NC(=O)C(N)=O)NC(=O)C(N)=O. The molecule has 9 heteroatoms.